The minimum Gasteiger partial charge on any atom is -0.434 e. The molecule has 0 N–H and O–H groups in total. The number of benzene rings is 1. The molecule has 0 atom stereocenters. The molecule has 0 aliphatic rings. The first-order valence-electron chi connectivity index (χ1n) is 3.53. The van der Waals surface area contributed by atoms with Crippen LogP contribution in [-0.2, 0) is 5.88 Å². The van der Waals surface area contributed by atoms with Crippen LogP contribution in [0.1, 0.15) is 5.56 Å². The Balaban J connectivity index is 3.11. The summed E-state index contributed by atoms with van der Waals surface area (Å²) >= 11 is 16.9. The summed E-state index contributed by atoms with van der Waals surface area (Å²) in [5, 5.41) is 0.433. The Hall–Kier alpha value is -0.250. The summed E-state index contributed by atoms with van der Waals surface area (Å²) in [7, 11) is 0. The van der Waals surface area contributed by atoms with E-state index >= 15 is 0 Å². The van der Waals surface area contributed by atoms with Crippen LogP contribution in [0.5, 0.6) is 5.75 Å². The van der Waals surface area contributed by atoms with Gasteiger partial charge in [-0.05, 0) is 12.1 Å². The van der Waals surface area contributed by atoms with Crippen LogP contribution >= 0.6 is 34.8 Å². The van der Waals surface area contributed by atoms with Gasteiger partial charge in [-0.2, -0.15) is 8.78 Å². The number of halogens is 5. The molecule has 1 nitrogen and oxygen atoms in total. The maximum absolute atomic E-state index is 11.9. The molecule has 78 valence electrons. The summed E-state index contributed by atoms with van der Waals surface area (Å²) < 4.78 is 28.1. The van der Waals surface area contributed by atoms with Crippen molar-refractivity contribution in [3.63, 3.8) is 0 Å². The highest BCUT2D eigenvalue weighted by molar-refractivity contribution is 6.36. The molecule has 1 aromatic carbocycles. The highest BCUT2D eigenvalue weighted by atomic mass is 35.5. The molecule has 1 rings (SSSR count). The summed E-state index contributed by atoms with van der Waals surface area (Å²) in [4.78, 5) is 0. The average Bonchev–Trinajstić information content (AvgIpc) is 2.01. The first kappa shape index (κ1) is 11.8. The second-order valence-corrected chi connectivity index (χ2v) is 3.49. The summed E-state index contributed by atoms with van der Waals surface area (Å²) in [6, 6.07) is 2.66. The van der Waals surface area contributed by atoms with Gasteiger partial charge in [0, 0.05) is 10.6 Å². The monoisotopic (exact) mass is 260 g/mol. The summed E-state index contributed by atoms with van der Waals surface area (Å²) in [5.41, 5.74) is 0.304. The van der Waals surface area contributed by atoms with Gasteiger partial charge in [0.1, 0.15) is 5.75 Å². The Labute approximate surface area is 94.5 Å². The van der Waals surface area contributed by atoms with E-state index in [0.717, 1.165) is 0 Å². The molecule has 1 aromatic rings. The van der Waals surface area contributed by atoms with Gasteiger partial charge in [0.2, 0.25) is 0 Å². The molecule has 0 aromatic heterocycles. The highest BCUT2D eigenvalue weighted by Crippen LogP contribution is 2.32. The molecule has 0 spiro atoms. The molecule has 0 saturated carbocycles. The lowest BCUT2D eigenvalue weighted by Gasteiger charge is -2.10. The zero-order valence-corrected chi connectivity index (χ0v) is 9.01. The quantitative estimate of drug-likeness (QED) is 0.736. The Morgan fingerprint density at radius 2 is 1.93 bits per heavy atom. The largest absolute Gasteiger partial charge is 0.434 e. The van der Waals surface area contributed by atoms with Crippen molar-refractivity contribution in [2.45, 2.75) is 12.5 Å². The molecule has 0 aliphatic heterocycles. The van der Waals surface area contributed by atoms with Gasteiger partial charge in [0.25, 0.3) is 0 Å². The molecule has 0 unspecified atom stereocenters. The molecule has 0 aliphatic carbocycles. The molecule has 0 bridgehead atoms. The SMILES string of the molecule is FC(F)Oc1cc(Cl)cc(Cl)c1CCl. The van der Waals surface area contributed by atoms with Crippen molar-refractivity contribution in [1.82, 2.24) is 0 Å². The van der Waals surface area contributed by atoms with E-state index in [2.05, 4.69) is 4.74 Å². The number of hydrogen-bond donors (Lipinski definition) is 0. The highest BCUT2D eigenvalue weighted by Gasteiger charge is 2.13. The second kappa shape index (κ2) is 5.01. The van der Waals surface area contributed by atoms with Crippen LogP contribution in [-0.4, -0.2) is 6.61 Å². The van der Waals surface area contributed by atoms with Crippen LogP contribution in [0, 0.1) is 0 Å². The van der Waals surface area contributed by atoms with Gasteiger partial charge in [-0.15, -0.1) is 11.6 Å². The van der Waals surface area contributed by atoms with Crippen molar-refractivity contribution in [3.05, 3.63) is 27.7 Å². The van der Waals surface area contributed by atoms with Crippen molar-refractivity contribution in [2.75, 3.05) is 0 Å². The molecule has 0 radical (unpaired) electrons. The number of ether oxygens (including phenoxy) is 1. The number of hydrogen-bond acceptors (Lipinski definition) is 1. The maximum Gasteiger partial charge on any atom is 0.387 e. The summed E-state index contributed by atoms with van der Waals surface area (Å²) in [6.45, 7) is -2.92. The predicted molar refractivity (Wildman–Crippen MR) is 52.7 cm³/mol. The second-order valence-electron chi connectivity index (χ2n) is 2.38. The van der Waals surface area contributed by atoms with Crippen molar-refractivity contribution in [2.24, 2.45) is 0 Å². The fourth-order valence-electron chi connectivity index (χ4n) is 0.911. The van der Waals surface area contributed by atoms with E-state index in [1.807, 2.05) is 0 Å². The zero-order valence-electron chi connectivity index (χ0n) is 6.74. The van der Waals surface area contributed by atoms with E-state index < -0.39 is 6.61 Å². The molecule has 6 heteroatoms. The van der Waals surface area contributed by atoms with Crippen molar-refractivity contribution >= 4 is 34.8 Å². The first-order valence-corrected chi connectivity index (χ1v) is 4.82. The normalized spacial score (nSPS) is 10.7. The third-order valence-electron chi connectivity index (χ3n) is 1.47. The average molecular weight is 261 g/mol. The van der Waals surface area contributed by atoms with Gasteiger partial charge in [0.15, 0.2) is 0 Å². The molecular formula is C8H5Cl3F2O. The fraction of sp³-hybridized carbons (Fsp3) is 0.250. The van der Waals surface area contributed by atoms with Gasteiger partial charge in [0.05, 0.1) is 10.9 Å². The maximum atomic E-state index is 11.9. The molecule has 14 heavy (non-hydrogen) atoms. The van der Waals surface area contributed by atoms with E-state index in [1.54, 1.807) is 0 Å². The van der Waals surface area contributed by atoms with Gasteiger partial charge in [-0.25, -0.2) is 0 Å². The lowest BCUT2D eigenvalue weighted by molar-refractivity contribution is -0.0503. The lowest BCUT2D eigenvalue weighted by Crippen LogP contribution is -2.04. The fourth-order valence-corrected chi connectivity index (χ4v) is 1.80. The van der Waals surface area contributed by atoms with Gasteiger partial charge < -0.3 is 4.74 Å². The standard InChI is InChI=1S/C8H5Cl3F2O/c9-3-5-6(11)1-4(10)2-7(5)14-8(12)13/h1-2,8H,3H2. The van der Waals surface area contributed by atoms with Crippen LogP contribution in [0.25, 0.3) is 0 Å². The predicted octanol–water partition coefficient (Wildman–Crippen LogP) is 4.33. The van der Waals surface area contributed by atoms with Crippen molar-refractivity contribution in [3.8, 4) is 5.75 Å². The van der Waals surface area contributed by atoms with E-state index in [4.69, 9.17) is 34.8 Å². The number of rotatable bonds is 3. The number of alkyl halides is 3. The first-order chi connectivity index (χ1) is 6.54. The molecule has 0 saturated heterocycles. The lowest BCUT2D eigenvalue weighted by atomic mass is 10.2. The summed E-state index contributed by atoms with van der Waals surface area (Å²) in [5.74, 6) is -0.106. The molecule has 0 fully saturated rings. The smallest absolute Gasteiger partial charge is 0.387 e. The summed E-state index contributed by atoms with van der Waals surface area (Å²) in [6.07, 6.45) is 0. The van der Waals surface area contributed by atoms with E-state index in [0.29, 0.717) is 5.56 Å². The Morgan fingerprint density at radius 1 is 1.29 bits per heavy atom. The van der Waals surface area contributed by atoms with Crippen LogP contribution in [0.15, 0.2) is 12.1 Å². The van der Waals surface area contributed by atoms with Gasteiger partial charge in [-0.1, -0.05) is 23.2 Å². The van der Waals surface area contributed by atoms with E-state index in [1.165, 1.54) is 12.1 Å². The topological polar surface area (TPSA) is 9.23 Å². The van der Waals surface area contributed by atoms with Crippen molar-refractivity contribution < 1.29 is 13.5 Å². The van der Waals surface area contributed by atoms with Gasteiger partial charge >= 0.3 is 6.61 Å². The minimum absolute atomic E-state index is 0.0158. The molecule has 0 amide bonds. The van der Waals surface area contributed by atoms with Crippen molar-refractivity contribution in [1.29, 1.82) is 0 Å². The molecular weight excluding hydrogens is 256 g/mol. The Morgan fingerprint density at radius 3 is 2.43 bits per heavy atom. The van der Waals surface area contributed by atoms with Crippen LogP contribution < -0.4 is 4.74 Å². The Kier molecular flexibility index (Phi) is 4.23. The van der Waals surface area contributed by atoms with Crippen LogP contribution in [0.4, 0.5) is 8.78 Å². The third kappa shape index (κ3) is 2.87. The zero-order chi connectivity index (χ0) is 10.7. The van der Waals surface area contributed by atoms with Crippen LogP contribution in [0.3, 0.4) is 0 Å². The van der Waals surface area contributed by atoms with Crippen LogP contribution in [0.2, 0.25) is 10.0 Å². The van der Waals surface area contributed by atoms with E-state index in [-0.39, 0.29) is 21.7 Å². The van der Waals surface area contributed by atoms with E-state index in [9.17, 15) is 8.78 Å². The minimum atomic E-state index is -2.92. The molecule has 0 heterocycles. The van der Waals surface area contributed by atoms with Gasteiger partial charge in [-0.3, -0.25) is 0 Å². The Bertz CT molecular complexity index is 331. The third-order valence-corrected chi connectivity index (χ3v) is 2.29.